The Morgan fingerprint density at radius 3 is 2.50 bits per heavy atom. The number of amides is 1. The second-order valence-electron chi connectivity index (χ2n) is 7.14. The van der Waals surface area contributed by atoms with E-state index in [1.54, 1.807) is 12.1 Å². The Bertz CT molecular complexity index is 864. The first kappa shape index (κ1) is 17.5. The summed E-state index contributed by atoms with van der Waals surface area (Å²) in [6, 6.07) is 7.40. The molecular formula is C19H19ClN2O3S. The number of rotatable bonds is 4. The molecule has 5 nitrogen and oxygen atoms in total. The number of carbonyl (C=O) groups is 2. The van der Waals surface area contributed by atoms with Crippen LogP contribution < -0.4 is 5.32 Å². The normalized spacial score (nSPS) is 26.8. The van der Waals surface area contributed by atoms with Gasteiger partial charge in [-0.2, -0.15) is 0 Å². The summed E-state index contributed by atoms with van der Waals surface area (Å²) < 4.78 is 0. The number of nitrogens with one attached hydrogen (secondary N) is 1. The number of hydrogen-bond acceptors (Lipinski definition) is 4. The zero-order valence-corrected chi connectivity index (χ0v) is 15.8. The lowest BCUT2D eigenvalue weighted by atomic mass is 9.79. The smallest absolute Gasteiger partial charge is 0.307 e. The SMILES string of the molecule is Cc1sc(NC(=O)C2C3CCC(C3)C2C(=O)O)nc1-c1ccc(Cl)cc1. The number of benzene rings is 1. The minimum absolute atomic E-state index is 0.135. The Labute approximate surface area is 160 Å². The molecule has 4 unspecified atom stereocenters. The Morgan fingerprint density at radius 1 is 1.19 bits per heavy atom. The largest absolute Gasteiger partial charge is 0.481 e. The van der Waals surface area contributed by atoms with Crippen LogP contribution in [0.15, 0.2) is 24.3 Å². The molecular weight excluding hydrogens is 372 g/mol. The first-order chi connectivity index (χ1) is 12.4. The van der Waals surface area contributed by atoms with Gasteiger partial charge in [-0.15, -0.1) is 11.3 Å². The molecule has 2 aliphatic carbocycles. The molecule has 4 atom stereocenters. The van der Waals surface area contributed by atoms with Gasteiger partial charge in [-0.25, -0.2) is 4.98 Å². The summed E-state index contributed by atoms with van der Waals surface area (Å²) >= 11 is 7.34. The minimum atomic E-state index is -0.852. The highest BCUT2D eigenvalue weighted by molar-refractivity contribution is 7.16. The van der Waals surface area contributed by atoms with Gasteiger partial charge in [0.2, 0.25) is 5.91 Å². The fraction of sp³-hybridized carbons (Fsp3) is 0.421. The van der Waals surface area contributed by atoms with Crippen molar-refractivity contribution in [3.05, 3.63) is 34.2 Å². The van der Waals surface area contributed by atoms with Crippen molar-refractivity contribution < 1.29 is 14.7 Å². The van der Waals surface area contributed by atoms with Crippen LogP contribution >= 0.6 is 22.9 Å². The van der Waals surface area contributed by atoms with Crippen molar-refractivity contribution in [1.29, 1.82) is 0 Å². The van der Waals surface area contributed by atoms with Crippen LogP contribution in [0.4, 0.5) is 5.13 Å². The average molecular weight is 391 g/mol. The summed E-state index contributed by atoms with van der Waals surface area (Å²) in [7, 11) is 0. The highest BCUT2D eigenvalue weighted by Gasteiger charge is 2.54. The molecule has 2 N–H and O–H groups in total. The van der Waals surface area contributed by atoms with E-state index in [1.807, 2.05) is 19.1 Å². The maximum absolute atomic E-state index is 12.8. The molecule has 0 spiro atoms. The number of fused-ring (bicyclic) bond motifs is 2. The zero-order chi connectivity index (χ0) is 18.4. The van der Waals surface area contributed by atoms with Gasteiger partial charge in [-0.3, -0.25) is 9.59 Å². The molecule has 1 aromatic carbocycles. The fourth-order valence-corrected chi connectivity index (χ4v) is 5.50. The predicted molar refractivity (Wildman–Crippen MR) is 101 cm³/mol. The highest BCUT2D eigenvalue weighted by atomic mass is 35.5. The van der Waals surface area contributed by atoms with E-state index in [-0.39, 0.29) is 17.7 Å². The van der Waals surface area contributed by atoms with Gasteiger partial charge in [0.1, 0.15) is 0 Å². The number of aromatic nitrogens is 1. The maximum Gasteiger partial charge on any atom is 0.307 e. The molecule has 1 aromatic heterocycles. The van der Waals surface area contributed by atoms with Gasteiger partial charge in [-0.1, -0.05) is 23.7 Å². The van der Waals surface area contributed by atoms with Crippen LogP contribution in [0.5, 0.6) is 0 Å². The lowest BCUT2D eigenvalue weighted by molar-refractivity contribution is -0.148. The number of aryl methyl sites for hydroxylation is 1. The number of carboxylic acids is 1. The molecule has 7 heteroatoms. The Kier molecular flexibility index (Phi) is 4.49. The van der Waals surface area contributed by atoms with E-state index in [4.69, 9.17) is 11.6 Å². The number of nitrogens with zero attached hydrogens (tertiary/aromatic N) is 1. The van der Waals surface area contributed by atoms with Gasteiger partial charge >= 0.3 is 5.97 Å². The van der Waals surface area contributed by atoms with E-state index < -0.39 is 17.8 Å². The van der Waals surface area contributed by atoms with E-state index in [0.717, 1.165) is 35.4 Å². The van der Waals surface area contributed by atoms with Gasteiger partial charge < -0.3 is 10.4 Å². The molecule has 136 valence electrons. The van der Waals surface area contributed by atoms with E-state index >= 15 is 0 Å². The van der Waals surface area contributed by atoms with Crippen LogP contribution in [-0.4, -0.2) is 22.0 Å². The summed E-state index contributed by atoms with van der Waals surface area (Å²) in [5.41, 5.74) is 1.75. The van der Waals surface area contributed by atoms with Crippen molar-refractivity contribution in [2.45, 2.75) is 26.2 Å². The van der Waals surface area contributed by atoms with Gasteiger partial charge in [0, 0.05) is 15.5 Å². The quantitative estimate of drug-likeness (QED) is 0.807. The van der Waals surface area contributed by atoms with Crippen LogP contribution in [0.1, 0.15) is 24.1 Å². The fourth-order valence-electron chi connectivity index (χ4n) is 4.54. The van der Waals surface area contributed by atoms with Crippen LogP contribution in [0.3, 0.4) is 0 Å². The third kappa shape index (κ3) is 3.01. The third-order valence-corrected chi connectivity index (χ3v) is 6.79. The van der Waals surface area contributed by atoms with Crippen LogP contribution in [0, 0.1) is 30.6 Å². The van der Waals surface area contributed by atoms with Crippen LogP contribution in [0.25, 0.3) is 11.3 Å². The number of anilines is 1. The van der Waals surface area contributed by atoms with Crippen LogP contribution in [0.2, 0.25) is 5.02 Å². The van der Waals surface area contributed by atoms with Gasteiger partial charge in [0.05, 0.1) is 17.5 Å². The van der Waals surface area contributed by atoms with E-state index in [1.165, 1.54) is 11.3 Å². The molecule has 0 radical (unpaired) electrons. The average Bonchev–Trinajstić information content (AvgIpc) is 3.29. The molecule has 4 rings (SSSR count). The number of halogens is 1. The molecule has 2 bridgehead atoms. The van der Waals surface area contributed by atoms with E-state index in [2.05, 4.69) is 10.3 Å². The number of thiazole rings is 1. The maximum atomic E-state index is 12.8. The molecule has 1 heterocycles. The van der Waals surface area contributed by atoms with Crippen molar-refractivity contribution in [3.8, 4) is 11.3 Å². The minimum Gasteiger partial charge on any atom is -0.481 e. The molecule has 2 saturated carbocycles. The molecule has 2 aliphatic rings. The lowest BCUT2D eigenvalue weighted by Gasteiger charge is -2.26. The summed E-state index contributed by atoms with van der Waals surface area (Å²) in [6.07, 6.45) is 2.71. The highest BCUT2D eigenvalue weighted by Crippen LogP contribution is 2.52. The molecule has 26 heavy (non-hydrogen) atoms. The molecule has 0 saturated heterocycles. The first-order valence-electron chi connectivity index (χ1n) is 8.71. The Morgan fingerprint density at radius 2 is 1.85 bits per heavy atom. The second kappa shape index (κ2) is 6.67. The summed E-state index contributed by atoms with van der Waals surface area (Å²) in [4.78, 5) is 30.0. The number of hydrogen-bond donors (Lipinski definition) is 2. The third-order valence-electron chi connectivity index (χ3n) is 5.65. The Hall–Kier alpha value is -1.92. The Balaban J connectivity index is 1.54. The second-order valence-corrected chi connectivity index (χ2v) is 8.78. The number of aliphatic carboxylic acids is 1. The molecule has 0 aliphatic heterocycles. The van der Waals surface area contributed by atoms with Gasteiger partial charge in [-0.05, 0) is 50.2 Å². The topological polar surface area (TPSA) is 79.3 Å². The van der Waals surface area contributed by atoms with Gasteiger partial charge in [0.15, 0.2) is 5.13 Å². The van der Waals surface area contributed by atoms with Gasteiger partial charge in [0.25, 0.3) is 0 Å². The van der Waals surface area contributed by atoms with Crippen molar-refractivity contribution in [3.63, 3.8) is 0 Å². The summed E-state index contributed by atoms with van der Waals surface area (Å²) in [5.74, 6) is -1.76. The molecule has 2 aromatic rings. The number of carboxylic acid groups (broad SMARTS) is 1. The molecule has 1 amide bonds. The summed E-state index contributed by atoms with van der Waals surface area (Å²) in [5, 5.41) is 13.6. The van der Waals surface area contributed by atoms with Crippen molar-refractivity contribution in [1.82, 2.24) is 4.98 Å². The van der Waals surface area contributed by atoms with E-state index in [0.29, 0.717) is 10.2 Å². The molecule has 2 fully saturated rings. The monoisotopic (exact) mass is 390 g/mol. The first-order valence-corrected chi connectivity index (χ1v) is 9.90. The van der Waals surface area contributed by atoms with E-state index in [9.17, 15) is 14.7 Å². The standard InChI is InChI=1S/C19H19ClN2O3S/c1-9-16(10-4-6-13(20)7-5-10)21-19(26-9)22-17(23)14-11-2-3-12(8-11)15(14)18(24)25/h4-7,11-12,14-15H,2-3,8H2,1H3,(H,24,25)(H,21,22,23). The van der Waals surface area contributed by atoms with Crippen molar-refractivity contribution >= 4 is 39.9 Å². The van der Waals surface area contributed by atoms with Crippen molar-refractivity contribution in [2.24, 2.45) is 23.7 Å². The predicted octanol–water partition coefficient (Wildman–Crippen LogP) is 4.46. The summed E-state index contributed by atoms with van der Waals surface area (Å²) in [6.45, 7) is 1.95. The number of carbonyl (C=O) groups excluding carboxylic acids is 1. The van der Waals surface area contributed by atoms with Crippen molar-refractivity contribution in [2.75, 3.05) is 5.32 Å². The lowest BCUT2D eigenvalue weighted by Crippen LogP contribution is -2.37. The van der Waals surface area contributed by atoms with Crippen LogP contribution in [-0.2, 0) is 9.59 Å². The zero-order valence-electron chi connectivity index (χ0n) is 14.2.